The van der Waals surface area contributed by atoms with E-state index in [9.17, 15) is 9.59 Å². The number of fused-ring (bicyclic) bond motifs is 1. The van der Waals surface area contributed by atoms with Crippen molar-refractivity contribution in [2.24, 2.45) is 0 Å². The van der Waals surface area contributed by atoms with Gasteiger partial charge in [0.15, 0.2) is 0 Å². The van der Waals surface area contributed by atoms with Crippen molar-refractivity contribution in [1.82, 2.24) is 4.90 Å². The van der Waals surface area contributed by atoms with Gasteiger partial charge in [0, 0.05) is 17.8 Å². The first-order chi connectivity index (χ1) is 12.5. The molecule has 2 aromatic carbocycles. The molecule has 2 amide bonds. The van der Waals surface area contributed by atoms with Gasteiger partial charge >= 0.3 is 0 Å². The average molecular weight is 373 g/mol. The Kier molecular flexibility index (Phi) is 5.47. The maximum absolute atomic E-state index is 12.9. The molecule has 1 unspecified atom stereocenters. The van der Waals surface area contributed by atoms with Crippen LogP contribution in [0.5, 0.6) is 5.75 Å². The van der Waals surface area contributed by atoms with E-state index in [1.54, 1.807) is 23.1 Å². The van der Waals surface area contributed by atoms with Crippen molar-refractivity contribution in [2.45, 2.75) is 32.4 Å². The molecule has 26 heavy (non-hydrogen) atoms. The number of carbonyl (C=O) groups is 2. The Hall–Kier alpha value is -2.53. The van der Waals surface area contributed by atoms with Gasteiger partial charge in [-0.25, -0.2) is 0 Å². The van der Waals surface area contributed by atoms with Crippen LogP contribution in [0.3, 0.4) is 0 Å². The quantitative estimate of drug-likeness (QED) is 0.830. The first kappa shape index (κ1) is 18.3. The molecule has 2 aromatic rings. The number of hydrogen-bond acceptors (Lipinski definition) is 3. The lowest BCUT2D eigenvalue weighted by Crippen LogP contribution is -2.44. The fourth-order valence-corrected chi connectivity index (χ4v) is 3.46. The standard InChI is InChI=1S/C20H21ClN2O3/c1-3-6-17(23-12-13-7-4-5-8-15(13)20(23)25)19(24)22-14-9-10-18(26-2)16(21)11-14/h4-5,7-11,17H,3,6,12H2,1-2H3,(H,22,24). The van der Waals surface area contributed by atoms with Gasteiger partial charge in [-0.05, 0) is 36.2 Å². The summed E-state index contributed by atoms with van der Waals surface area (Å²) < 4.78 is 5.12. The van der Waals surface area contributed by atoms with E-state index in [4.69, 9.17) is 16.3 Å². The average Bonchev–Trinajstić information content (AvgIpc) is 2.96. The molecule has 136 valence electrons. The summed E-state index contributed by atoms with van der Waals surface area (Å²) in [6.07, 6.45) is 1.39. The molecule has 0 saturated carbocycles. The molecular weight excluding hydrogens is 352 g/mol. The van der Waals surface area contributed by atoms with Crippen LogP contribution >= 0.6 is 11.6 Å². The first-order valence-corrected chi connectivity index (χ1v) is 8.96. The van der Waals surface area contributed by atoms with Crippen molar-refractivity contribution >= 4 is 29.1 Å². The molecule has 3 rings (SSSR count). The number of benzene rings is 2. The highest BCUT2D eigenvalue weighted by molar-refractivity contribution is 6.32. The molecule has 1 N–H and O–H groups in total. The van der Waals surface area contributed by atoms with Crippen LogP contribution in [-0.2, 0) is 11.3 Å². The third-order valence-electron chi connectivity index (χ3n) is 4.51. The van der Waals surface area contributed by atoms with Gasteiger partial charge in [-0.3, -0.25) is 9.59 Å². The first-order valence-electron chi connectivity index (χ1n) is 8.58. The Morgan fingerprint density at radius 2 is 2.08 bits per heavy atom. The van der Waals surface area contributed by atoms with Crippen LogP contribution in [0.15, 0.2) is 42.5 Å². The summed E-state index contributed by atoms with van der Waals surface area (Å²) >= 11 is 6.12. The number of halogens is 1. The monoisotopic (exact) mass is 372 g/mol. The molecule has 0 spiro atoms. The minimum atomic E-state index is -0.527. The van der Waals surface area contributed by atoms with Crippen molar-refractivity contribution < 1.29 is 14.3 Å². The van der Waals surface area contributed by atoms with Crippen molar-refractivity contribution in [3.05, 3.63) is 58.6 Å². The van der Waals surface area contributed by atoms with Crippen LogP contribution in [0.1, 0.15) is 35.7 Å². The second kappa shape index (κ2) is 7.79. The van der Waals surface area contributed by atoms with Gasteiger partial charge in [-0.1, -0.05) is 43.1 Å². The topological polar surface area (TPSA) is 58.6 Å². The third kappa shape index (κ3) is 3.53. The highest BCUT2D eigenvalue weighted by Gasteiger charge is 2.35. The largest absolute Gasteiger partial charge is 0.495 e. The molecule has 0 aromatic heterocycles. The number of amides is 2. The molecule has 0 bridgehead atoms. The molecule has 1 heterocycles. The third-order valence-corrected chi connectivity index (χ3v) is 4.81. The Bertz CT molecular complexity index is 838. The summed E-state index contributed by atoms with van der Waals surface area (Å²) in [4.78, 5) is 27.2. The van der Waals surface area contributed by atoms with Gasteiger partial charge in [-0.2, -0.15) is 0 Å². The Morgan fingerprint density at radius 1 is 1.31 bits per heavy atom. The highest BCUT2D eigenvalue weighted by atomic mass is 35.5. The zero-order valence-electron chi connectivity index (χ0n) is 14.8. The summed E-state index contributed by atoms with van der Waals surface area (Å²) in [5.74, 6) is 0.233. The van der Waals surface area contributed by atoms with E-state index in [-0.39, 0.29) is 11.8 Å². The number of nitrogens with zero attached hydrogens (tertiary/aromatic N) is 1. The number of nitrogens with one attached hydrogen (secondary N) is 1. The number of anilines is 1. The van der Waals surface area contributed by atoms with Crippen molar-refractivity contribution in [3.63, 3.8) is 0 Å². The van der Waals surface area contributed by atoms with E-state index in [1.807, 2.05) is 31.2 Å². The molecule has 0 fully saturated rings. The predicted octanol–water partition coefficient (Wildman–Crippen LogP) is 4.11. The van der Waals surface area contributed by atoms with Crippen LogP contribution < -0.4 is 10.1 Å². The molecule has 1 aliphatic heterocycles. The van der Waals surface area contributed by atoms with Gasteiger partial charge in [0.2, 0.25) is 5.91 Å². The van der Waals surface area contributed by atoms with Gasteiger partial charge in [0.05, 0.1) is 12.1 Å². The second-order valence-corrected chi connectivity index (χ2v) is 6.64. The number of hydrogen-bond donors (Lipinski definition) is 1. The highest BCUT2D eigenvalue weighted by Crippen LogP contribution is 2.29. The molecule has 5 nitrogen and oxygen atoms in total. The minimum Gasteiger partial charge on any atom is -0.495 e. The van der Waals surface area contributed by atoms with Gasteiger partial charge < -0.3 is 15.0 Å². The molecular formula is C20H21ClN2O3. The van der Waals surface area contributed by atoms with Crippen molar-refractivity contribution in [2.75, 3.05) is 12.4 Å². The summed E-state index contributed by atoms with van der Waals surface area (Å²) in [6, 6.07) is 12.0. The van der Waals surface area contributed by atoms with Crippen LogP contribution in [0.4, 0.5) is 5.69 Å². The van der Waals surface area contributed by atoms with Gasteiger partial charge in [0.25, 0.3) is 5.91 Å². The molecule has 0 radical (unpaired) electrons. The number of ether oxygens (including phenoxy) is 1. The molecule has 1 atom stereocenters. The summed E-state index contributed by atoms with van der Waals surface area (Å²) in [5, 5.41) is 3.29. The smallest absolute Gasteiger partial charge is 0.255 e. The number of rotatable bonds is 6. The van der Waals surface area contributed by atoms with Crippen LogP contribution in [-0.4, -0.2) is 29.9 Å². The van der Waals surface area contributed by atoms with Crippen molar-refractivity contribution in [1.29, 1.82) is 0 Å². The van der Waals surface area contributed by atoms with E-state index in [0.717, 1.165) is 12.0 Å². The van der Waals surface area contributed by atoms with E-state index < -0.39 is 6.04 Å². The summed E-state index contributed by atoms with van der Waals surface area (Å²) in [7, 11) is 1.54. The maximum atomic E-state index is 12.9. The minimum absolute atomic E-state index is 0.0954. The lowest BCUT2D eigenvalue weighted by atomic mass is 10.1. The Balaban J connectivity index is 1.79. The number of carbonyl (C=O) groups excluding carboxylic acids is 2. The van der Waals surface area contributed by atoms with Crippen molar-refractivity contribution in [3.8, 4) is 5.75 Å². The molecule has 0 saturated heterocycles. The fraction of sp³-hybridized carbons (Fsp3) is 0.300. The molecule has 1 aliphatic rings. The summed E-state index contributed by atoms with van der Waals surface area (Å²) in [6.45, 7) is 2.45. The van der Waals surface area contributed by atoms with Gasteiger partial charge in [-0.15, -0.1) is 0 Å². The zero-order chi connectivity index (χ0) is 18.7. The summed E-state index contributed by atoms with van der Waals surface area (Å²) in [5.41, 5.74) is 2.21. The maximum Gasteiger partial charge on any atom is 0.255 e. The van der Waals surface area contributed by atoms with E-state index in [1.165, 1.54) is 7.11 Å². The second-order valence-electron chi connectivity index (χ2n) is 6.23. The van der Waals surface area contributed by atoms with Crippen LogP contribution in [0.25, 0.3) is 0 Å². The fourth-order valence-electron chi connectivity index (χ4n) is 3.20. The molecule has 6 heteroatoms. The zero-order valence-corrected chi connectivity index (χ0v) is 15.5. The van der Waals surface area contributed by atoms with Crippen LogP contribution in [0.2, 0.25) is 5.02 Å². The lowest BCUT2D eigenvalue weighted by molar-refractivity contribution is -0.120. The van der Waals surface area contributed by atoms with Gasteiger partial charge in [0.1, 0.15) is 11.8 Å². The predicted molar refractivity (Wildman–Crippen MR) is 102 cm³/mol. The molecule has 0 aliphatic carbocycles. The van der Waals surface area contributed by atoms with Crippen LogP contribution in [0, 0.1) is 0 Å². The van der Waals surface area contributed by atoms with E-state index in [2.05, 4.69) is 5.32 Å². The Labute approximate surface area is 157 Å². The number of methoxy groups -OCH3 is 1. The normalized spacial score (nSPS) is 14.1. The van der Waals surface area contributed by atoms with E-state index in [0.29, 0.717) is 35.0 Å². The Morgan fingerprint density at radius 3 is 2.73 bits per heavy atom. The van der Waals surface area contributed by atoms with E-state index >= 15 is 0 Å². The lowest BCUT2D eigenvalue weighted by Gasteiger charge is -2.26. The SMILES string of the molecule is CCCC(C(=O)Nc1ccc(OC)c(Cl)c1)N1Cc2ccccc2C1=O.